The van der Waals surface area contributed by atoms with Gasteiger partial charge in [0.05, 0.1) is 5.25 Å². The predicted molar refractivity (Wildman–Crippen MR) is 73.2 cm³/mol. The molecule has 3 aliphatic rings. The highest BCUT2D eigenvalue weighted by molar-refractivity contribution is 7.91. The third kappa shape index (κ3) is 2.90. The zero-order valence-electron chi connectivity index (χ0n) is 11.3. The quantitative estimate of drug-likeness (QED) is 0.803. The van der Waals surface area contributed by atoms with Crippen molar-refractivity contribution in [1.29, 1.82) is 0 Å². The van der Waals surface area contributed by atoms with Crippen molar-refractivity contribution in [1.82, 2.24) is 5.32 Å². The van der Waals surface area contributed by atoms with E-state index in [-0.39, 0.29) is 11.3 Å². The van der Waals surface area contributed by atoms with Gasteiger partial charge < -0.3 is 5.32 Å². The van der Waals surface area contributed by atoms with E-state index in [9.17, 15) is 8.42 Å². The van der Waals surface area contributed by atoms with Crippen molar-refractivity contribution < 1.29 is 8.42 Å². The first-order chi connectivity index (χ1) is 8.55. The second-order valence-corrected chi connectivity index (χ2v) is 8.92. The van der Waals surface area contributed by atoms with Crippen molar-refractivity contribution in [2.75, 3.05) is 12.8 Å². The minimum absolute atomic E-state index is 0.128. The molecule has 0 bridgehead atoms. The molecule has 18 heavy (non-hydrogen) atoms. The zero-order chi connectivity index (χ0) is 12.8. The van der Waals surface area contributed by atoms with Gasteiger partial charge in [0, 0.05) is 12.3 Å². The molecule has 3 fully saturated rings. The summed E-state index contributed by atoms with van der Waals surface area (Å²) in [6.45, 7) is 1.06. The molecule has 0 amide bonds. The first-order valence-corrected chi connectivity index (χ1v) is 9.43. The first-order valence-electron chi connectivity index (χ1n) is 7.48. The van der Waals surface area contributed by atoms with Crippen molar-refractivity contribution in [3.63, 3.8) is 0 Å². The van der Waals surface area contributed by atoms with Crippen molar-refractivity contribution in [2.24, 2.45) is 17.8 Å². The predicted octanol–water partition coefficient (Wildman–Crippen LogP) is 1.98. The molecule has 104 valence electrons. The van der Waals surface area contributed by atoms with Gasteiger partial charge in [0.1, 0.15) is 0 Å². The largest absolute Gasteiger partial charge is 0.312 e. The Labute approximate surface area is 111 Å². The van der Waals surface area contributed by atoms with Crippen LogP contribution < -0.4 is 5.32 Å². The van der Waals surface area contributed by atoms with E-state index in [4.69, 9.17) is 0 Å². The van der Waals surface area contributed by atoms with Gasteiger partial charge in [-0.15, -0.1) is 0 Å². The third-order valence-corrected chi connectivity index (χ3v) is 6.74. The van der Waals surface area contributed by atoms with Crippen molar-refractivity contribution in [3.8, 4) is 0 Å². The summed E-state index contributed by atoms with van der Waals surface area (Å²) < 4.78 is 23.5. The van der Waals surface area contributed by atoms with E-state index in [2.05, 4.69) is 5.32 Å². The molecule has 0 aromatic carbocycles. The van der Waals surface area contributed by atoms with Gasteiger partial charge in [0.2, 0.25) is 0 Å². The van der Waals surface area contributed by atoms with Gasteiger partial charge in [-0.05, 0) is 62.8 Å². The van der Waals surface area contributed by atoms with Gasteiger partial charge in [-0.1, -0.05) is 6.42 Å². The minimum Gasteiger partial charge on any atom is -0.312 e. The van der Waals surface area contributed by atoms with Crippen molar-refractivity contribution in [2.45, 2.75) is 56.2 Å². The molecule has 3 saturated carbocycles. The van der Waals surface area contributed by atoms with E-state index >= 15 is 0 Å². The average Bonchev–Trinajstić information content (AvgIpc) is 3.18. The third-order valence-electron chi connectivity index (χ3n) is 5.07. The fraction of sp³-hybridized carbons (Fsp3) is 1.00. The molecule has 3 rings (SSSR count). The van der Waals surface area contributed by atoms with Crippen LogP contribution in [-0.2, 0) is 9.84 Å². The Balaban J connectivity index is 1.55. The Kier molecular flexibility index (Phi) is 3.43. The molecule has 0 aliphatic heterocycles. The molecular weight excluding hydrogens is 246 g/mol. The van der Waals surface area contributed by atoms with Crippen LogP contribution in [0.1, 0.15) is 44.9 Å². The topological polar surface area (TPSA) is 46.2 Å². The standard InChI is InChI=1S/C14H25NO2S/c1-18(16,17)14-4-2-3-13(14)15-9-12(10-5-6-10)11-7-8-11/h10-15H,2-9H2,1H3. The minimum atomic E-state index is -2.87. The van der Waals surface area contributed by atoms with Crippen LogP contribution in [0.5, 0.6) is 0 Å². The monoisotopic (exact) mass is 271 g/mol. The van der Waals surface area contributed by atoms with Crippen LogP contribution in [-0.4, -0.2) is 32.5 Å². The summed E-state index contributed by atoms with van der Waals surface area (Å²) in [5, 5.41) is 3.47. The number of rotatable bonds is 6. The maximum Gasteiger partial charge on any atom is 0.151 e. The Morgan fingerprint density at radius 3 is 2.17 bits per heavy atom. The summed E-state index contributed by atoms with van der Waals surface area (Å²) in [6, 6.07) is 0.222. The van der Waals surface area contributed by atoms with E-state index in [1.807, 2.05) is 0 Å². The van der Waals surface area contributed by atoms with Crippen LogP contribution in [0.4, 0.5) is 0 Å². The Morgan fingerprint density at radius 2 is 1.67 bits per heavy atom. The summed E-state index contributed by atoms with van der Waals surface area (Å²) in [5.74, 6) is 2.73. The zero-order valence-corrected chi connectivity index (χ0v) is 12.1. The molecule has 0 saturated heterocycles. The fourth-order valence-corrected chi connectivity index (χ4v) is 5.15. The second-order valence-electron chi connectivity index (χ2n) is 6.65. The van der Waals surface area contributed by atoms with Crippen molar-refractivity contribution >= 4 is 9.84 Å². The smallest absolute Gasteiger partial charge is 0.151 e. The summed E-state index contributed by atoms with van der Waals surface area (Å²) in [5.41, 5.74) is 0. The van der Waals surface area contributed by atoms with Gasteiger partial charge in [-0.25, -0.2) is 8.42 Å². The van der Waals surface area contributed by atoms with Gasteiger partial charge in [-0.2, -0.15) is 0 Å². The van der Waals surface area contributed by atoms with Gasteiger partial charge in [0.15, 0.2) is 9.84 Å². The summed E-state index contributed by atoms with van der Waals surface area (Å²) in [4.78, 5) is 0. The van der Waals surface area contributed by atoms with E-state index in [0.29, 0.717) is 0 Å². The molecular formula is C14H25NO2S. The van der Waals surface area contributed by atoms with Crippen LogP contribution >= 0.6 is 0 Å². The van der Waals surface area contributed by atoms with Crippen LogP contribution in [0, 0.1) is 17.8 Å². The summed E-state index contributed by atoms with van der Waals surface area (Å²) in [6.07, 6.45) is 9.98. The van der Waals surface area contributed by atoms with Gasteiger partial charge in [-0.3, -0.25) is 0 Å². The van der Waals surface area contributed by atoms with Gasteiger partial charge >= 0.3 is 0 Å². The molecule has 4 heteroatoms. The lowest BCUT2D eigenvalue weighted by Gasteiger charge is -2.23. The Morgan fingerprint density at radius 1 is 1.06 bits per heavy atom. The van der Waals surface area contributed by atoms with E-state index in [1.165, 1.54) is 31.9 Å². The lowest BCUT2D eigenvalue weighted by atomic mass is 9.97. The first kappa shape index (κ1) is 12.9. The number of sulfone groups is 1. The molecule has 0 radical (unpaired) electrons. The number of hydrogen-bond donors (Lipinski definition) is 1. The molecule has 2 atom stereocenters. The Hall–Kier alpha value is -0.0900. The second kappa shape index (κ2) is 4.78. The van der Waals surface area contributed by atoms with Crippen LogP contribution in [0.2, 0.25) is 0 Å². The van der Waals surface area contributed by atoms with E-state index in [1.54, 1.807) is 0 Å². The summed E-state index contributed by atoms with van der Waals surface area (Å²) in [7, 11) is -2.87. The molecule has 1 N–H and O–H groups in total. The number of nitrogens with one attached hydrogen (secondary N) is 1. The molecule has 3 nitrogen and oxygen atoms in total. The van der Waals surface area contributed by atoms with E-state index < -0.39 is 9.84 Å². The lowest BCUT2D eigenvalue weighted by Crippen LogP contribution is -2.42. The molecule has 0 aromatic rings. The molecule has 0 aromatic heterocycles. The SMILES string of the molecule is CS(=O)(=O)C1CCCC1NCC(C1CC1)C1CC1. The molecule has 0 heterocycles. The van der Waals surface area contributed by atoms with E-state index in [0.717, 1.165) is 43.6 Å². The van der Waals surface area contributed by atoms with Gasteiger partial charge in [0.25, 0.3) is 0 Å². The Bertz CT molecular complexity index is 386. The highest BCUT2D eigenvalue weighted by Crippen LogP contribution is 2.49. The maximum absolute atomic E-state index is 11.7. The number of hydrogen-bond acceptors (Lipinski definition) is 3. The summed E-state index contributed by atoms with van der Waals surface area (Å²) >= 11 is 0. The fourth-order valence-electron chi connectivity index (χ4n) is 3.73. The highest BCUT2D eigenvalue weighted by Gasteiger charge is 2.42. The maximum atomic E-state index is 11.7. The lowest BCUT2D eigenvalue weighted by molar-refractivity contribution is 0.355. The van der Waals surface area contributed by atoms with Crippen LogP contribution in [0.15, 0.2) is 0 Å². The van der Waals surface area contributed by atoms with Crippen LogP contribution in [0.25, 0.3) is 0 Å². The normalized spacial score (nSPS) is 33.2. The molecule has 3 aliphatic carbocycles. The van der Waals surface area contributed by atoms with Crippen LogP contribution in [0.3, 0.4) is 0 Å². The van der Waals surface area contributed by atoms with Crippen molar-refractivity contribution in [3.05, 3.63) is 0 Å². The average molecular weight is 271 g/mol. The molecule has 2 unspecified atom stereocenters. The molecule has 0 spiro atoms. The highest BCUT2D eigenvalue weighted by atomic mass is 32.2.